The third kappa shape index (κ3) is 2.79. The first-order chi connectivity index (χ1) is 12.9. The highest BCUT2D eigenvalue weighted by Crippen LogP contribution is 2.42. The van der Waals surface area contributed by atoms with Crippen LogP contribution >= 0.6 is 0 Å². The van der Waals surface area contributed by atoms with Crippen LogP contribution in [0.25, 0.3) is 11.0 Å². The maximum absolute atomic E-state index is 14.2. The van der Waals surface area contributed by atoms with Crippen molar-refractivity contribution in [3.05, 3.63) is 74.9 Å². The lowest BCUT2D eigenvalue weighted by atomic mass is 9.86. The third-order valence-corrected chi connectivity index (χ3v) is 4.82. The molecule has 2 heterocycles. The Morgan fingerprint density at radius 3 is 2.59 bits per heavy atom. The second kappa shape index (κ2) is 6.26. The van der Waals surface area contributed by atoms with Crippen LogP contribution in [0.15, 0.2) is 39.5 Å². The Morgan fingerprint density at radius 1 is 1.11 bits per heavy atom. The number of hydrogen-bond acceptors (Lipinski definition) is 4. The number of rotatable bonds is 2. The molecule has 4 rings (SSSR count). The molecule has 2 aromatic carbocycles. The Bertz CT molecular complexity index is 1140. The normalized spacial score (nSPS) is 18.8. The van der Waals surface area contributed by atoms with Crippen molar-refractivity contribution in [1.82, 2.24) is 0 Å². The summed E-state index contributed by atoms with van der Waals surface area (Å²) in [5.74, 6) is -3.72. The minimum Gasteiger partial charge on any atom is -0.485 e. The van der Waals surface area contributed by atoms with Crippen molar-refractivity contribution < 1.29 is 22.3 Å². The quantitative estimate of drug-likeness (QED) is 0.410. The van der Waals surface area contributed by atoms with Crippen LogP contribution in [0.5, 0.6) is 5.75 Å². The predicted octanol–water partition coefficient (Wildman–Crippen LogP) is 4.46. The first-order valence-electron chi connectivity index (χ1n) is 8.27. The number of halogens is 3. The Kier molecular flexibility index (Phi) is 4.02. The van der Waals surface area contributed by atoms with Crippen molar-refractivity contribution in [2.24, 2.45) is 5.92 Å². The first kappa shape index (κ1) is 17.3. The average molecular weight is 373 g/mol. The highest BCUT2D eigenvalue weighted by molar-refractivity contribution is 5.85. The second-order valence-corrected chi connectivity index (χ2v) is 6.53. The van der Waals surface area contributed by atoms with Gasteiger partial charge in [-0.25, -0.2) is 18.0 Å². The second-order valence-electron chi connectivity index (χ2n) is 6.53. The van der Waals surface area contributed by atoms with Gasteiger partial charge in [0, 0.05) is 40.8 Å². The summed E-state index contributed by atoms with van der Waals surface area (Å²) in [6.45, 7) is 1.78. The van der Waals surface area contributed by atoms with Crippen LogP contribution in [-0.2, 0) is 6.42 Å². The number of fused-ring (bicyclic) bond motifs is 3. The number of nitrogens with one attached hydrogen (secondary N) is 1. The Balaban J connectivity index is 1.88. The van der Waals surface area contributed by atoms with Gasteiger partial charge < -0.3 is 14.6 Å². The topological polar surface area (TPSA) is 63.3 Å². The van der Waals surface area contributed by atoms with Gasteiger partial charge in [0.25, 0.3) is 0 Å². The van der Waals surface area contributed by atoms with E-state index in [4.69, 9.17) is 14.6 Å². The fourth-order valence-corrected chi connectivity index (χ4v) is 3.49. The van der Waals surface area contributed by atoms with Crippen molar-refractivity contribution in [2.75, 3.05) is 0 Å². The maximum Gasteiger partial charge on any atom is 0.336 e. The lowest BCUT2D eigenvalue weighted by molar-refractivity contribution is 0.144. The summed E-state index contributed by atoms with van der Waals surface area (Å²) in [6, 6.07) is 5.98. The molecule has 3 aromatic rings. The summed E-state index contributed by atoms with van der Waals surface area (Å²) >= 11 is 0. The molecule has 1 unspecified atom stereocenters. The maximum atomic E-state index is 14.2. The van der Waals surface area contributed by atoms with Gasteiger partial charge in [0.1, 0.15) is 23.3 Å². The van der Waals surface area contributed by atoms with Crippen LogP contribution in [-0.4, -0.2) is 6.21 Å². The molecule has 27 heavy (non-hydrogen) atoms. The van der Waals surface area contributed by atoms with E-state index in [0.29, 0.717) is 23.0 Å². The highest BCUT2D eigenvalue weighted by atomic mass is 19.2. The molecule has 0 aliphatic carbocycles. The van der Waals surface area contributed by atoms with Crippen molar-refractivity contribution >= 4 is 17.2 Å². The van der Waals surface area contributed by atoms with E-state index >= 15 is 0 Å². The smallest absolute Gasteiger partial charge is 0.336 e. The lowest BCUT2D eigenvalue weighted by Crippen LogP contribution is -2.28. The van der Waals surface area contributed by atoms with E-state index in [1.54, 1.807) is 19.1 Å². The number of hydrogen-bond donors (Lipinski definition) is 1. The Hall–Kier alpha value is -3.09. The summed E-state index contributed by atoms with van der Waals surface area (Å²) < 4.78 is 52.3. The van der Waals surface area contributed by atoms with Gasteiger partial charge >= 0.3 is 5.63 Å². The number of ether oxygens (including phenoxy) is 1. The fraction of sp³-hybridized carbons (Fsp3) is 0.200. The van der Waals surface area contributed by atoms with Crippen molar-refractivity contribution in [1.29, 1.82) is 5.41 Å². The van der Waals surface area contributed by atoms with Gasteiger partial charge in [-0.1, -0.05) is 0 Å². The van der Waals surface area contributed by atoms with Crippen molar-refractivity contribution in [3.63, 3.8) is 0 Å². The van der Waals surface area contributed by atoms with E-state index in [1.807, 2.05) is 0 Å². The van der Waals surface area contributed by atoms with Gasteiger partial charge in [-0.2, -0.15) is 0 Å². The molecule has 0 saturated heterocycles. The molecule has 0 bridgehead atoms. The first-order valence-corrected chi connectivity index (χ1v) is 8.27. The summed E-state index contributed by atoms with van der Waals surface area (Å²) in [6.07, 6.45) is 0.297. The van der Waals surface area contributed by atoms with E-state index in [1.165, 1.54) is 6.07 Å². The van der Waals surface area contributed by atoms with Gasteiger partial charge in [-0.3, -0.25) is 0 Å². The molecule has 0 spiro atoms. The van der Waals surface area contributed by atoms with Gasteiger partial charge in [0.15, 0.2) is 11.6 Å². The van der Waals surface area contributed by atoms with Crippen LogP contribution in [0.1, 0.15) is 22.8 Å². The van der Waals surface area contributed by atoms with Crippen LogP contribution in [0.3, 0.4) is 0 Å². The van der Waals surface area contributed by atoms with Gasteiger partial charge in [0.2, 0.25) is 0 Å². The van der Waals surface area contributed by atoms with E-state index in [2.05, 4.69) is 0 Å². The molecule has 1 aliphatic rings. The zero-order valence-electron chi connectivity index (χ0n) is 14.2. The van der Waals surface area contributed by atoms with Gasteiger partial charge in [-0.15, -0.1) is 0 Å². The third-order valence-electron chi connectivity index (χ3n) is 4.82. The van der Waals surface area contributed by atoms with E-state index in [0.717, 1.165) is 23.2 Å². The van der Waals surface area contributed by atoms with E-state index in [-0.39, 0.29) is 12.0 Å². The predicted molar refractivity (Wildman–Crippen MR) is 92.9 cm³/mol. The van der Waals surface area contributed by atoms with E-state index < -0.39 is 35.1 Å². The summed E-state index contributed by atoms with van der Waals surface area (Å²) in [4.78, 5) is 11.8. The van der Waals surface area contributed by atoms with Crippen molar-refractivity contribution in [2.45, 2.75) is 19.4 Å². The SMILES string of the molecule is Cc1cc(=O)oc2c3c(ccc12)O[C@H](c1cc(F)c(F)cc1F)C(C=N)C3. The zero-order chi connectivity index (χ0) is 19.3. The van der Waals surface area contributed by atoms with Gasteiger partial charge in [0.05, 0.1) is 0 Å². The molecule has 0 radical (unpaired) electrons. The molecule has 7 heteroatoms. The van der Waals surface area contributed by atoms with E-state index in [9.17, 15) is 18.0 Å². The minimum absolute atomic E-state index is 0.168. The molecular formula is C20H14F3NO3. The molecule has 1 aromatic heterocycles. The summed E-state index contributed by atoms with van der Waals surface area (Å²) in [7, 11) is 0. The summed E-state index contributed by atoms with van der Waals surface area (Å²) in [5.41, 5.74) is 1.01. The molecule has 0 saturated carbocycles. The van der Waals surface area contributed by atoms with Crippen LogP contribution < -0.4 is 10.4 Å². The van der Waals surface area contributed by atoms with Crippen LogP contribution in [0.2, 0.25) is 0 Å². The number of benzene rings is 2. The highest BCUT2D eigenvalue weighted by Gasteiger charge is 2.34. The molecule has 138 valence electrons. The number of aryl methyl sites for hydroxylation is 1. The minimum atomic E-state index is -1.29. The molecule has 2 atom stereocenters. The Labute approximate surface area is 151 Å². The molecular weight excluding hydrogens is 359 g/mol. The molecule has 1 aliphatic heterocycles. The largest absolute Gasteiger partial charge is 0.485 e. The standard InChI is InChI=1S/C20H14F3NO3/c1-9-4-18(25)27-20-11(9)2-3-17-13(20)5-10(8-24)19(26-17)12-6-15(22)16(23)7-14(12)21/h2-4,6-8,10,19,24H,5H2,1H3/t10?,19-/m0/s1. The summed E-state index contributed by atoms with van der Waals surface area (Å²) in [5, 5.41) is 8.42. The Morgan fingerprint density at radius 2 is 1.85 bits per heavy atom. The van der Waals surface area contributed by atoms with Gasteiger partial charge in [-0.05, 0) is 37.1 Å². The molecule has 1 N–H and O–H groups in total. The van der Waals surface area contributed by atoms with Crippen molar-refractivity contribution in [3.8, 4) is 5.75 Å². The monoisotopic (exact) mass is 373 g/mol. The fourth-order valence-electron chi connectivity index (χ4n) is 3.49. The van der Waals surface area contributed by atoms with Crippen LogP contribution in [0, 0.1) is 35.7 Å². The average Bonchev–Trinajstić information content (AvgIpc) is 2.63. The molecule has 0 amide bonds. The lowest BCUT2D eigenvalue weighted by Gasteiger charge is -2.32. The molecule has 4 nitrogen and oxygen atoms in total. The molecule has 0 fully saturated rings. The van der Waals surface area contributed by atoms with Crippen LogP contribution in [0.4, 0.5) is 13.2 Å². The zero-order valence-corrected chi connectivity index (χ0v) is 14.2.